The van der Waals surface area contributed by atoms with Gasteiger partial charge in [0.1, 0.15) is 5.69 Å². The van der Waals surface area contributed by atoms with Crippen molar-refractivity contribution < 1.29 is 8.78 Å². The molecule has 0 aliphatic carbocycles. The topological polar surface area (TPSA) is 30.7 Å². The van der Waals surface area contributed by atoms with Crippen LogP contribution in [0.4, 0.5) is 8.78 Å². The van der Waals surface area contributed by atoms with Gasteiger partial charge in [-0.1, -0.05) is 27.2 Å². The Labute approximate surface area is 106 Å². The zero-order valence-electron chi connectivity index (χ0n) is 9.28. The van der Waals surface area contributed by atoms with Gasteiger partial charge in [0.25, 0.3) is 0 Å². The van der Waals surface area contributed by atoms with E-state index in [-0.39, 0.29) is 10.5 Å². The lowest BCUT2D eigenvalue weighted by Gasteiger charge is -2.05. The number of rotatable bonds is 2. The monoisotopic (exact) mass is 301 g/mol. The van der Waals surface area contributed by atoms with Gasteiger partial charge in [-0.25, -0.2) is 13.5 Å². The molecule has 2 rings (SSSR count). The Balaban J connectivity index is 2.56. The minimum atomic E-state index is -0.660. The third-order valence-electron chi connectivity index (χ3n) is 2.41. The van der Waals surface area contributed by atoms with Crippen molar-refractivity contribution in [2.24, 2.45) is 0 Å². The molecule has 0 saturated heterocycles. The first-order valence-electron chi connectivity index (χ1n) is 5.02. The van der Waals surface area contributed by atoms with Crippen molar-refractivity contribution in [3.05, 3.63) is 41.2 Å². The number of benzene rings is 1. The summed E-state index contributed by atoms with van der Waals surface area (Å²) >= 11 is 3.32. The molecule has 6 heteroatoms. The Kier molecular flexibility index (Phi) is 3.24. The summed E-state index contributed by atoms with van der Waals surface area (Å²) < 4.78 is 28.5. The maximum atomic E-state index is 13.8. The fourth-order valence-corrected chi connectivity index (χ4v) is 1.63. The highest BCUT2D eigenvalue weighted by atomic mass is 79.9. The van der Waals surface area contributed by atoms with Gasteiger partial charge in [0, 0.05) is 0 Å². The largest absolute Gasteiger partial charge is 0.214 e. The van der Waals surface area contributed by atoms with Gasteiger partial charge in [-0.05, 0) is 25.5 Å². The molecule has 2 aromatic rings. The molecule has 1 aromatic heterocycles. The van der Waals surface area contributed by atoms with Crippen LogP contribution in [-0.2, 0) is 0 Å². The Morgan fingerprint density at radius 1 is 1.35 bits per heavy atom. The van der Waals surface area contributed by atoms with Gasteiger partial charge in [0.15, 0.2) is 11.6 Å². The zero-order chi connectivity index (χ0) is 12.6. The normalized spacial score (nSPS) is 12.8. The van der Waals surface area contributed by atoms with Gasteiger partial charge < -0.3 is 0 Å². The van der Waals surface area contributed by atoms with Gasteiger partial charge in [0.05, 0.1) is 16.7 Å². The summed E-state index contributed by atoms with van der Waals surface area (Å²) in [7, 11) is 0. The zero-order valence-corrected chi connectivity index (χ0v) is 10.9. The molecule has 3 nitrogen and oxygen atoms in total. The molecule has 90 valence electrons. The third kappa shape index (κ3) is 2.22. The van der Waals surface area contributed by atoms with Crippen molar-refractivity contribution in [2.45, 2.75) is 18.7 Å². The molecule has 1 aromatic carbocycles. The molecule has 1 heterocycles. The molecule has 17 heavy (non-hydrogen) atoms. The van der Waals surface area contributed by atoms with Gasteiger partial charge in [-0.2, -0.15) is 0 Å². The van der Waals surface area contributed by atoms with Gasteiger partial charge in [0.2, 0.25) is 0 Å². The SMILES string of the molecule is Cc1ccc(F)c(-n2cc(C(C)Br)nn2)c1F. The van der Waals surface area contributed by atoms with Gasteiger partial charge >= 0.3 is 0 Å². The molecule has 0 aliphatic rings. The van der Waals surface area contributed by atoms with E-state index in [1.54, 1.807) is 6.92 Å². The van der Waals surface area contributed by atoms with Crippen LogP contribution in [-0.4, -0.2) is 15.0 Å². The van der Waals surface area contributed by atoms with E-state index in [1.165, 1.54) is 18.3 Å². The van der Waals surface area contributed by atoms with Crippen LogP contribution < -0.4 is 0 Å². The average Bonchev–Trinajstić information content (AvgIpc) is 2.73. The fraction of sp³-hybridized carbons (Fsp3) is 0.273. The minimum Gasteiger partial charge on any atom is -0.214 e. The Morgan fingerprint density at radius 2 is 2.06 bits per heavy atom. The molecular formula is C11H10BrF2N3. The lowest BCUT2D eigenvalue weighted by atomic mass is 10.2. The molecule has 0 saturated carbocycles. The average molecular weight is 302 g/mol. The van der Waals surface area contributed by atoms with Crippen LogP contribution in [0, 0.1) is 18.6 Å². The lowest BCUT2D eigenvalue weighted by molar-refractivity contribution is 0.551. The summed E-state index contributed by atoms with van der Waals surface area (Å²) in [5.41, 5.74) is 0.785. The van der Waals surface area contributed by atoms with Crippen molar-refractivity contribution >= 4 is 15.9 Å². The molecule has 0 bridgehead atoms. The summed E-state index contributed by atoms with van der Waals surface area (Å²) in [6, 6.07) is 2.60. The third-order valence-corrected chi connectivity index (χ3v) is 2.88. The molecule has 0 spiro atoms. The number of hydrogen-bond donors (Lipinski definition) is 0. The van der Waals surface area contributed by atoms with Crippen molar-refractivity contribution in [3.8, 4) is 5.69 Å². The molecule has 1 atom stereocenters. The minimum absolute atomic E-state index is 0.0211. The quantitative estimate of drug-likeness (QED) is 0.797. The van der Waals surface area contributed by atoms with E-state index in [9.17, 15) is 8.78 Å². The molecule has 0 N–H and O–H groups in total. The molecule has 0 radical (unpaired) electrons. The second-order valence-electron chi connectivity index (χ2n) is 3.73. The van der Waals surface area contributed by atoms with E-state index < -0.39 is 11.6 Å². The first kappa shape index (κ1) is 12.2. The summed E-state index contributed by atoms with van der Waals surface area (Å²) in [5.74, 6) is -1.28. The van der Waals surface area contributed by atoms with E-state index >= 15 is 0 Å². The van der Waals surface area contributed by atoms with Crippen LogP contribution in [0.1, 0.15) is 23.0 Å². The lowest BCUT2D eigenvalue weighted by Crippen LogP contribution is -2.03. The molecule has 0 fully saturated rings. The van der Waals surface area contributed by atoms with Crippen LogP contribution in [0.25, 0.3) is 5.69 Å². The summed E-state index contributed by atoms with van der Waals surface area (Å²) in [6.45, 7) is 3.43. The van der Waals surface area contributed by atoms with Crippen LogP contribution >= 0.6 is 15.9 Å². The van der Waals surface area contributed by atoms with Crippen LogP contribution in [0.3, 0.4) is 0 Å². The van der Waals surface area contributed by atoms with Crippen molar-refractivity contribution in [1.82, 2.24) is 15.0 Å². The predicted octanol–water partition coefficient (Wildman–Crippen LogP) is 3.31. The number of aryl methyl sites for hydroxylation is 1. The highest BCUT2D eigenvalue weighted by molar-refractivity contribution is 9.09. The second kappa shape index (κ2) is 4.52. The Hall–Kier alpha value is -1.30. The van der Waals surface area contributed by atoms with E-state index in [1.807, 2.05) is 6.92 Å². The highest BCUT2D eigenvalue weighted by Crippen LogP contribution is 2.23. The maximum absolute atomic E-state index is 13.8. The maximum Gasteiger partial charge on any atom is 0.154 e. The fourth-order valence-electron chi connectivity index (χ4n) is 1.42. The molecule has 1 unspecified atom stereocenters. The molecular weight excluding hydrogens is 292 g/mol. The van der Waals surface area contributed by atoms with E-state index in [0.717, 1.165) is 4.68 Å². The first-order chi connectivity index (χ1) is 8.00. The molecule has 0 aliphatic heterocycles. The van der Waals surface area contributed by atoms with E-state index in [2.05, 4.69) is 26.2 Å². The number of halogens is 3. The van der Waals surface area contributed by atoms with Crippen molar-refractivity contribution in [2.75, 3.05) is 0 Å². The summed E-state index contributed by atoms with van der Waals surface area (Å²) in [6.07, 6.45) is 1.50. The number of alkyl halides is 1. The summed E-state index contributed by atoms with van der Waals surface area (Å²) in [4.78, 5) is -0.0211. The number of aromatic nitrogens is 3. The Morgan fingerprint density at radius 3 is 2.65 bits per heavy atom. The summed E-state index contributed by atoms with van der Waals surface area (Å²) in [5, 5.41) is 7.56. The molecule has 0 amide bonds. The van der Waals surface area contributed by atoms with Gasteiger partial charge in [-0.3, -0.25) is 0 Å². The first-order valence-corrected chi connectivity index (χ1v) is 5.93. The van der Waals surface area contributed by atoms with Crippen molar-refractivity contribution in [3.63, 3.8) is 0 Å². The number of hydrogen-bond acceptors (Lipinski definition) is 2. The van der Waals surface area contributed by atoms with Crippen LogP contribution in [0.5, 0.6) is 0 Å². The van der Waals surface area contributed by atoms with Crippen molar-refractivity contribution in [1.29, 1.82) is 0 Å². The Bertz CT molecular complexity index is 552. The highest BCUT2D eigenvalue weighted by Gasteiger charge is 2.16. The van der Waals surface area contributed by atoms with Crippen LogP contribution in [0.2, 0.25) is 0 Å². The second-order valence-corrected chi connectivity index (χ2v) is 5.10. The number of nitrogens with zero attached hydrogens (tertiary/aromatic N) is 3. The predicted molar refractivity (Wildman–Crippen MR) is 63.4 cm³/mol. The van der Waals surface area contributed by atoms with Crippen LogP contribution in [0.15, 0.2) is 18.3 Å². The smallest absolute Gasteiger partial charge is 0.154 e. The van der Waals surface area contributed by atoms with Gasteiger partial charge in [-0.15, -0.1) is 5.10 Å². The standard InChI is InChI=1S/C11H10BrF2N3/c1-6-3-4-8(13)11(10(6)14)17-5-9(7(2)12)15-16-17/h3-5,7H,1-2H3. The van der Waals surface area contributed by atoms with E-state index in [4.69, 9.17) is 0 Å². The van der Waals surface area contributed by atoms with E-state index in [0.29, 0.717) is 11.3 Å².